The Morgan fingerprint density at radius 1 is 1.50 bits per heavy atom. The zero-order valence-corrected chi connectivity index (χ0v) is 10.0. The van der Waals surface area contributed by atoms with Gasteiger partial charge in [-0.05, 0) is 32.4 Å². The van der Waals surface area contributed by atoms with Gasteiger partial charge in [-0.1, -0.05) is 12.1 Å². The number of para-hydroxylation sites is 1. The van der Waals surface area contributed by atoms with Gasteiger partial charge in [0.25, 0.3) is 0 Å². The molecule has 88 valence electrons. The largest absolute Gasteiger partial charge is 0.397 e. The van der Waals surface area contributed by atoms with Crippen molar-refractivity contribution in [2.75, 3.05) is 17.6 Å². The number of hydrogen-bond donors (Lipinski definition) is 3. The second kappa shape index (κ2) is 5.39. The molecule has 1 amide bonds. The normalized spacial score (nSPS) is 11.9. The maximum absolute atomic E-state index is 11.5. The summed E-state index contributed by atoms with van der Waals surface area (Å²) in [5.41, 5.74) is 8.42. The van der Waals surface area contributed by atoms with E-state index in [4.69, 9.17) is 5.73 Å². The van der Waals surface area contributed by atoms with Crippen LogP contribution < -0.4 is 16.4 Å². The molecule has 0 aliphatic rings. The number of hydrogen-bond acceptors (Lipinski definition) is 3. The number of nitrogen functional groups attached to an aromatic ring is 1. The van der Waals surface area contributed by atoms with Gasteiger partial charge in [-0.2, -0.15) is 0 Å². The van der Waals surface area contributed by atoms with E-state index in [1.54, 1.807) is 0 Å². The summed E-state index contributed by atoms with van der Waals surface area (Å²) < 4.78 is 0. The number of rotatable bonds is 4. The first-order chi connectivity index (χ1) is 7.56. The molecule has 0 heterocycles. The van der Waals surface area contributed by atoms with Gasteiger partial charge in [0.1, 0.15) is 6.04 Å². The quantitative estimate of drug-likeness (QED) is 0.675. The van der Waals surface area contributed by atoms with Crippen LogP contribution in [0.4, 0.5) is 11.4 Å². The number of amides is 1. The summed E-state index contributed by atoms with van der Waals surface area (Å²) in [6.07, 6.45) is 0. The van der Waals surface area contributed by atoms with Gasteiger partial charge < -0.3 is 16.4 Å². The lowest BCUT2D eigenvalue weighted by Crippen LogP contribution is -2.37. The molecular weight excluding hydrogens is 202 g/mol. The smallest absolute Gasteiger partial charge is 0.242 e. The molecule has 4 nitrogen and oxygen atoms in total. The summed E-state index contributed by atoms with van der Waals surface area (Å²) in [7, 11) is 0. The van der Waals surface area contributed by atoms with Crippen molar-refractivity contribution in [1.29, 1.82) is 0 Å². The first-order valence-corrected chi connectivity index (χ1v) is 5.45. The molecule has 1 aromatic carbocycles. The van der Waals surface area contributed by atoms with Crippen LogP contribution in [0.15, 0.2) is 18.2 Å². The van der Waals surface area contributed by atoms with E-state index in [0.717, 1.165) is 11.3 Å². The highest BCUT2D eigenvalue weighted by Gasteiger charge is 2.12. The number of likely N-dealkylation sites (N-methyl/N-ethyl adjacent to an activating group) is 1. The van der Waals surface area contributed by atoms with Crippen molar-refractivity contribution in [3.63, 3.8) is 0 Å². The molecule has 0 saturated heterocycles. The van der Waals surface area contributed by atoms with E-state index in [2.05, 4.69) is 10.6 Å². The first-order valence-electron chi connectivity index (χ1n) is 5.45. The summed E-state index contributed by atoms with van der Waals surface area (Å²) >= 11 is 0. The molecule has 1 aromatic rings. The summed E-state index contributed by atoms with van der Waals surface area (Å²) in [6, 6.07) is 5.44. The Kier molecular flexibility index (Phi) is 4.17. The molecule has 0 radical (unpaired) electrons. The molecule has 1 atom stereocenters. The lowest BCUT2D eigenvalue weighted by Gasteiger charge is -2.16. The van der Waals surface area contributed by atoms with E-state index in [1.807, 2.05) is 39.0 Å². The van der Waals surface area contributed by atoms with Crippen molar-refractivity contribution < 1.29 is 4.79 Å². The van der Waals surface area contributed by atoms with Gasteiger partial charge in [-0.3, -0.25) is 4.79 Å². The van der Waals surface area contributed by atoms with E-state index < -0.39 is 0 Å². The van der Waals surface area contributed by atoms with Crippen LogP contribution >= 0.6 is 0 Å². The molecule has 4 heteroatoms. The monoisotopic (exact) mass is 221 g/mol. The minimum Gasteiger partial charge on any atom is -0.397 e. The zero-order chi connectivity index (χ0) is 12.1. The summed E-state index contributed by atoms with van der Waals surface area (Å²) in [6.45, 7) is 6.28. The van der Waals surface area contributed by atoms with Crippen LogP contribution in [0.3, 0.4) is 0 Å². The number of nitrogens with two attached hydrogens (primary N) is 1. The van der Waals surface area contributed by atoms with Crippen molar-refractivity contribution in [2.45, 2.75) is 26.8 Å². The maximum atomic E-state index is 11.5. The van der Waals surface area contributed by atoms with Crippen LogP contribution in [0.1, 0.15) is 19.4 Å². The van der Waals surface area contributed by atoms with Gasteiger partial charge >= 0.3 is 0 Å². The van der Waals surface area contributed by atoms with Crippen molar-refractivity contribution >= 4 is 17.3 Å². The molecule has 0 bridgehead atoms. The van der Waals surface area contributed by atoms with E-state index in [9.17, 15) is 4.79 Å². The van der Waals surface area contributed by atoms with Gasteiger partial charge in [0.2, 0.25) is 5.91 Å². The van der Waals surface area contributed by atoms with E-state index in [1.165, 1.54) is 0 Å². The van der Waals surface area contributed by atoms with Gasteiger partial charge in [-0.25, -0.2) is 0 Å². The molecule has 0 spiro atoms. The molecule has 0 aliphatic heterocycles. The third kappa shape index (κ3) is 2.89. The molecule has 0 aromatic heterocycles. The standard InChI is InChI=1S/C12H19N3O/c1-4-14-12(16)9(3)15-10-7-5-6-8(2)11(10)13/h5-7,9,15H,4,13H2,1-3H3,(H,14,16). The third-order valence-electron chi connectivity index (χ3n) is 2.44. The predicted molar refractivity (Wildman–Crippen MR) is 67.4 cm³/mol. The molecular formula is C12H19N3O. The number of carbonyl (C=O) groups is 1. The van der Waals surface area contributed by atoms with Crippen molar-refractivity contribution in [3.8, 4) is 0 Å². The zero-order valence-electron chi connectivity index (χ0n) is 10.0. The highest BCUT2D eigenvalue weighted by Crippen LogP contribution is 2.22. The van der Waals surface area contributed by atoms with Gasteiger partial charge in [0.15, 0.2) is 0 Å². The van der Waals surface area contributed by atoms with Crippen molar-refractivity contribution in [1.82, 2.24) is 5.32 Å². The Morgan fingerprint density at radius 2 is 2.19 bits per heavy atom. The molecule has 0 aliphatic carbocycles. The van der Waals surface area contributed by atoms with Crippen molar-refractivity contribution in [2.24, 2.45) is 0 Å². The topological polar surface area (TPSA) is 67.2 Å². The third-order valence-corrected chi connectivity index (χ3v) is 2.44. The molecule has 16 heavy (non-hydrogen) atoms. The van der Waals surface area contributed by atoms with Crippen LogP contribution in [0.25, 0.3) is 0 Å². The Bertz CT molecular complexity index is 377. The minimum absolute atomic E-state index is 0.0246. The van der Waals surface area contributed by atoms with Gasteiger partial charge in [0.05, 0.1) is 11.4 Å². The van der Waals surface area contributed by atoms with Gasteiger partial charge in [-0.15, -0.1) is 0 Å². The second-order valence-electron chi connectivity index (χ2n) is 3.80. The SMILES string of the molecule is CCNC(=O)C(C)Nc1cccc(C)c1N. The Morgan fingerprint density at radius 3 is 2.81 bits per heavy atom. The fraction of sp³-hybridized carbons (Fsp3) is 0.417. The van der Waals surface area contributed by atoms with Crippen LogP contribution in [0.2, 0.25) is 0 Å². The molecule has 0 fully saturated rings. The summed E-state index contributed by atoms with van der Waals surface area (Å²) in [5.74, 6) is -0.0246. The van der Waals surface area contributed by atoms with Crippen LogP contribution in [0, 0.1) is 6.92 Å². The summed E-state index contributed by atoms with van der Waals surface area (Å²) in [5, 5.41) is 5.86. The lowest BCUT2D eigenvalue weighted by molar-refractivity contribution is -0.121. The second-order valence-corrected chi connectivity index (χ2v) is 3.80. The molecule has 1 unspecified atom stereocenters. The number of aryl methyl sites for hydroxylation is 1. The van der Waals surface area contributed by atoms with Crippen molar-refractivity contribution in [3.05, 3.63) is 23.8 Å². The highest BCUT2D eigenvalue weighted by molar-refractivity contribution is 5.85. The van der Waals surface area contributed by atoms with E-state index in [-0.39, 0.29) is 11.9 Å². The average Bonchev–Trinajstić information content (AvgIpc) is 2.25. The maximum Gasteiger partial charge on any atom is 0.242 e. The predicted octanol–water partition coefficient (Wildman–Crippen LogP) is 1.51. The minimum atomic E-state index is -0.288. The number of nitrogens with one attached hydrogen (secondary N) is 2. The summed E-state index contributed by atoms with van der Waals surface area (Å²) in [4.78, 5) is 11.5. The fourth-order valence-corrected chi connectivity index (χ4v) is 1.43. The number of benzene rings is 1. The number of anilines is 2. The molecule has 1 rings (SSSR count). The Labute approximate surface area is 96.2 Å². The average molecular weight is 221 g/mol. The van der Waals surface area contributed by atoms with Gasteiger partial charge in [0, 0.05) is 6.54 Å². The Balaban J connectivity index is 2.73. The molecule has 4 N–H and O–H groups in total. The van der Waals surface area contributed by atoms with Crippen LogP contribution in [0.5, 0.6) is 0 Å². The first kappa shape index (κ1) is 12.4. The lowest BCUT2D eigenvalue weighted by atomic mass is 10.1. The van der Waals surface area contributed by atoms with Crippen LogP contribution in [-0.4, -0.2) is 18.5 Å². The molecule has 0 saturated carbocycles. The number of carbonyl (C=O) groups excluding carboxylic acids is 1. The fourth-order valence-electron chi connectivity index (χ4n) is 1.43. The Hall–Kier alpha value is -1.71. The van der Waals surface area contributed by atoms with Crippen LogP contribution in [-0.2, 0) is 4.79 Å². The highest BCUT2D eigenvalue weighted by atomic mass is 16.2. The van der Waals surface area contributed by atoms with E-state index >= 15 is 0 Å². The van der Waals surface area contributed by atoms with E-state index in [0.29, 0.717) is 12.2 Å².